The Balaban J connectivity index is 2.02. The number of thiazole rings is 1. The smallest absolute Gasteiger partial charge is 0.140 e. The van der Waals surface area contributed by atoms with Gasteiger partial charge in [-0.15, -0.1) is 22.9 Å². The second-order valence-corrected chi connectivity index (χ2v) is 5.65. The van der Waals surface area contributed by atoms with Crippen molar-refractivity contribution in [2.75, 3.05) is 0 Å². The van der Waals surface area contributed by atoms with Gasteiger partial charge in [-0.25, -0.2) is 4.98 Å². The van der Waals surface area contributed by atoms with Gasteiger partial charge in [-0.05, 0) is 40.5 Å². The van der Waals surface area contributed by atoms with Crippen molar-refractivity contribution in [3.63, 3.8) is 0 Å². The molecule has 0 saturated heterocycles. The van der Waals surface area contributed by atoms with Crippen LogP contribution in [0.25, 0.3) is 0 Å². The molecule has 2 aromatic rings. The molecule has 0 atom stereocenters. The molecule has 0 saturated carbocycles. The number of benzene rings is 1. The van der Waals surface area contributed by atoms with Gasteiger partial charge in [0.25, 0.3) is 0 Å². The van der Waals surface area contributed by atoms with Crippen LogP contribution in [-0.2, 0) is 12.5 Å². The molecular formula is C12H11BrClNOS. The third kappa shape index (κ3) is 3.44. The molecule has 0 spiro atoms. The molecule has 17 heavy (non-hydrogen) atoms. The van der Waals surface area contributed by atoms with E-state index in [1.807, 2.05) is 30.5 Å². The Bertz CT molecular complexity index is 515. The number of halogens is 2. The van der Waals surface area contributed by atoms with Crippen molar-refractivity contribution in [2.45, 2.75) is 19.4 Å². The Morgan fingerprint density at radius 2 is 2.29 bits per heavy atom. The first-order valence-corrected chi connectivity index (χ1v) is 7.28. The van der Waals surface area contributed by atoms with Gasteiger partial charge >= 0.3 is 0 Å². The second-order valence-electron chi connectivity index (χ2n) is 3.59. The van der Waals surface area contributed by atoms with Gasteiger partial charge in [0.2, 0.25) is 0 Å². The maximum Gasteiger partial charge on any atom is 0.140 e. The van der Waals surface area contributed by atoms with Crippen molar-refractivity contribution in [2.24, 2.45) is 0 Å². The minimum absolute atomic E-state index is 0.449. The molecule has 0 aliphatic carbocycles. The number of aryl methyl sites for hydroxylation is 1. The summed E-state index contributed by atoms with van der Waals surface area (Å²) in [6, 6.07) is 6.00. The highest BCUT2D eigenvalue weighted by atomic mass is 79.9. The van der Waals surface area contributed by atoms with E-state index in [0.29, 0.717) is 12.5 Å². The molecule has 0 aliphatic heterocycles. The number of aromatic nitrogens is 1. The third-order valence-corrected chi connectivity index (χ3v) is 3.94. The first-order chi connectivity index (χ1) is 8.19. The number of nitrogens with zero attached hydrogens (tertiary/aromatic N) is 1. The van der Waals surface area contributed by atoms with Crippen LogP contribution in [0.5, 0.6) is 5.75 Å². The lowest BCUT2D eigenvalue weighted by Gasteiger charge is -2.06. The number of hydrogen-bond acceptors (Lipinski definition) is 3. The molecule has 2 nitrogen and oxygen atoms in total. The molecule has 1 aromatic heterocycles. The average molecular weight is 333 g/mol. The van der Waals surface area contributed by atoms with Crippen LogP contribution in [-0.4, -0.2) is 4.98 Å². The van der Waals surface area contributed by atoms with Crippen LogP contribution in [0.4, 0.5) is 0 Å². The van der Waals surface area contributed by atoms with E-state index >= 15 is 0 Å². The van der Waals surface area contributed by atoms with Crippen molar-refractivity contribution in [1.82, 2.24) is 4.98 Å². The van der Waals surface area contributed by atoms with E-state index in [9.17, 15) is 0 Å². The largest absolute Gasteiger partial charge is 0.485 e. The SMILES string of the molecule is Cc1ccc(OCc2nc(CCl)cs2)c(Br)c1. The summed E-state index contributed by atoms with van der Waals surface area (Å²) in [6.07, 6.45) is 0. The zero-order valence-corrected chi connectivity index (χ0v) is 12.4. The molecule has 1 heterocycles. The minimum Gasteiger partial charge on any atom is -0.485 e. The van der Waals surface area contributed by atoms with E-state index < -0.39 is 0 Å². The Kier molecular flexibility index (Phi) is 4.42. The van der Waals surface area contributed by atoms with E-state index in [2.05, 4.69) is 20.9 Å². The number of hydrogen-bond donors (Lipinski definition) is 0. The van der Waals surface area contributed by atoms with Gasteiger partial charge < -0.3 is 4.74 Å². The highest BCUT2D eigenvalue weighted by molar-refractivity contribution is 9.10. The topological polar surface area (TPSA) is 22.1 Å². The monoisotopic (exact) mass is 331 g/mol. The van der Waals surface area contributed by atoms with Crippen LogP contribution < -0.4 is 4.74 Å². The fourth-order valence-corrected chi connectivity index (χ4v) is 2.88. The Hall–Kier alpha value is -0.580. The Labute approximate surface area is 118 Å². The lowest BCUT2D eigenvalue weighted by Crippen LogP contribution is -1.96. The normalized spacial score (nSPS) is 10.5. The van der Waals surface area contributed by atoms with Crippen LogP contribution >= 0.6 is 38.9 Å². The van der Waals surface area contributed by atoms with Crippen LogP contribution in [0, 0.1) is 6.92 Å². The minimum atomic E-state index is 0.449. The quantitative estimate of drug-likeness (QED) is 0.767. The summed E-state index contributed by atoms with van der Waals surface area (Å²) in [4.78, 5) is 4.34. The molecule has 90 valence electrons. The molecule has 0 aliphatic rings. The average Bonchev–Trinajstić information content (AvgIpc) is 2.76. The second kappa shape index (κ2) is 5.85. The van der Waals surface area contributed by atoms with Crippen molar-refractivity contribution in [3.05, 3.63) is 44.3 Å². The van der Waals surface area contributed by atoms with Gasteiger partial charge in [-0.3, -0.25) is 0 Å². The highest BCUT2D eigenvalue weighted by Crippen LogP contribution is 2.26. The van der Waals surface area contributed by atoms with Gasteiger partial charge in [0.1, 0.15) is 17.4 Å². The Morgan fingerprint density at radius 3 is 2.94 bits per heavy atom. The third-order valence-electron chi connectivity index (χ3n) is 2.17. The summed E-state index contributed by atoms with van der Waals surface area (Å²) >= 11 is 10.7. The first-order valence-electron chi connectivity index (χ1n) is 5.07. The zero-order valence-electron chi connectivity index (χ0n) is 9.24. The van der Waals surface area contributed by atoms with E-state index in [1.54, 1.807) is 11.3 Å². The van der Waals surface area contributed by atoms with E-state index in [-0.39, 0.29) is 0 Å². The predicted octanol–water partition coefficient (Wildman–Crippen LogP) is 4.53. The lowest BCUT2D eigenvalue weighted by atomic mass is 10.2. The summed E-state index contributed by atoms with van der Waals surface area (Å²) in [5, 5.41) is 2.89. The van der Waals surface area contributed by atoms with Gasteiger partial charge in [0, 0.05) is 5.38 Å². The molecule has 0 fully saturated rings. The van der Waals surface area contributed by atoms with Crippen molar-refractivity contribution in [1.29, 1.82) is 0 Å². The lowest BCUT2D eigenvalue weighted by molar-refractivity contribution is 0.303. The van der Waals surface area contributed by atoms with Gasteiger partial charge in [-0.2, -0.15) is 0 Å². The molecular weight excluding hydrogens is 322 g/mol. The van der Waals surface area contributed by atoms with Crippen molar-refractivity contribution >= 4 is 38.9 Å². The van der Waals surface area contributed by atoms with Crippen molar-refractivity contribution < 1.29 is 4.74 Å². The Morgan fingerprint density at radius 1 is 1.47 bits per heavy atom. The number of ether oxygens (including phenoxy) is 1. The van der Waals surface area contributed by atoms with Crippen LogP contribution in [0.15, 0.2) is 28.1 Å². The molecule has 0 bridgehead atoms. The highest BCUT2D eigenvalue weighted by Gasteiger charge is 2.04. The maximum atomic E-state index is 5.70. The summed E-state index contributed by atoms with van der Waals surface area (Å²) in [6.45, 7) is 2.52. The summed E-state index contributed by atoms with van der Waals surface area (Å²) in [7, 11) is 0. The fraction of sp³-hybridized carbons (Fsp3) is 0.250. The number of rotatable bonds is 4. The molecule has 0 N–H and O–H groups in total. The first kappa shape index (κ1) is 12.9. The molecule has 0 amide bonds. The molecule has 0 radical (unpaired) electrons. The van der Waals surface area contributed by atoms with E-state index in [4.69, 9.17) is 16.3 Å². The molecule has 2 rings (SSSR count). The van der Waals surface area contributed by atoms with E-state index in [0.717, 1.165) is 20.9 Å². The van der Waals surface area contributed by atoms with Gasteiger partial charge in [0.05, 0.1) is 16.0 Å². The predicted molar refractivity (Wildman–Crippen MR) is 74.9 cm³/mol. The van der Waals surface area contributed by atoms with Crippen LogP contribution in [0.1, 0.15) is 16.3 Å². The molecule has 0 unspecified atom stereocenters. The summed E-state index contributed by atoms with van der Waals surface area (Å²) in [5.74, 6) is 1.28. The molecule has 1 aromatic carbocycles. The van der Waals surface area contributed by atoms with E-state index in [1.165, 1.54) is 5.56 Å². The summed E-state index contributed by atoms with van der Waals surface area (Å²) < 4.78 is 6.66. The van der Waals surface area contributed by atoms with Gasteiger partial charge in [-0.1, -0.05) is 6.07 Å². The van der Waals surface area contributed by atoms with Crippen molar-refractivity contribution in [3.8, 4) is 5.75 Å². The zero-order chi connectivity index (χ0) is 12.3. The van der Waals surface area contributed by atoms with Crippen LogP contribution in [0.3, 0.4) is 0 Å². The van der Waals surface area contributed by atoms with Gasteiger partial charge in [0.15, 0.2) is 0 Å². The molecule has 5 heteroatoms. The standard InChI is InChI=1S/C12H11BrClNOS/c1-8-2-3-11(10(13)4-8)16-6-12-15-9(5-14)7-17-12/h2-4,7H,5-6H2,1H3. The number of alkyl halides is 1. The van der Waals surface area contributed by atoms with Crippen LogP contribution in [0.2, 0.25) is 0 Å². The summed E-state index contributed by atoms with van der Waals surface area (Å²) in [5.41, 5.74) is 2.10. The maximum absolute atomic E-state index is 5.70. The fourth-order valence-electron chi connectivity index (χ4n) is 1.34.